The van der Waals surface area contributed by atoms with E-state index in [0.717, 1.165) is 22.4 Å². The number of urea groups is 1. The van der Waals surface area contributed by atoms with Crippen LogP contribution in [0.3, 0.4) is 0 Å². The first-order valence-electron chi connectivity index (χ1n) is 10.4. The summed E-state index contributed by atoms with van der Waals surface area (Å²) in [4.78, 5) is 11.8. The topological polar surface area (TPSA) is 98.7 Å². The maximum atomic E-state index is 11.8. The second kappa shape index (κ2) is 11.7. The standard InChI is InChI=1S/C23H30N2O7S2/c1-25(27)23(26)24-11-15-7-13(8-16(28-2)20(15)31-5)19-12-33-22(34-19)14-9-17(29-3)21(32-6)18(10-14)30-4/h7-10,19,22,27H,11-12H2,1-6H3,(H,24,26). The van der Waals surface area contributed by atoms with Gasteiger partial charge < -0.3 is 29.0 Å². The summed E-state index contributed by atoms with van der Waals surface area (Å²) in [6.45, 7) is 0.179. The molecule has 0 spiro atoms. The molecule has 1 saturated heterocycles. The van der Waals surface area contributed by atoms with Crippen molar-refractivity contribution in [3.63, 3.8) is 0 Å². The second-order valence-corrected chi connectivity index (χ2v) is 10.1. The maximum Gasteiger partial charge on any atom is 0.341 e. The summed E-state index contributed by atoms with van der Waals surface area (Å²) in [6, 6.07) is 7.33. The first kappa shape index (κ1) is 26.0. The zero-order valence-electron chi connectivity index (χ0n) is 20.0. The third-order valence-electron chi connectivity index (χ3n) is 5.32. The number of thioether (sulfide) groups is 2. The fourth-order valence-corrected chi connectivity index (χ4v) is 6.92. The Kier molecular flexibility index (Phi) is 8.92. The van der Waals surface area contributed by atoms with Gasteiger partial charge in [0.15, 0.2) is 23.0 Å². The van der Waals surface area contributed by atoms with Gasteiger partial charge in [-0.25, -0.2) is 9.86 Å². The molecule has 1 aliphatic heterocycles. The van der Waals surface area contributed by atoms with E-state index in [1.54, 1.807) is 35.5 Å². The van der Waals surface area contributed by atoms with Crippen LogP contribution in [0.2, 0.25) is 0 Å². The Morgan fingerprint density at radius 1 is 0.941 bits per heavy atom. The molecule has 1 heterocycles. The summed E-state index contributed by atoms with van der Waals surface area (Å²) >= 11 is 3.65. The van der Waals surface area contributed by atoms with Crippen LogP contribution < -0.4 is 29.0 Å². The van der Waals surface area contributed by atoms with E-state index >= 15 is 0 Å². The average Bonchev–Trinajstić information content (AvgIpc) is 3.35. The van der Waals surface area contributed by atoms with Gasteiger partial charge >= 0.3 is 6.03 Å². The largest absolute Gasteiger partial charge is 0.493 e. The van der Waals surface area contributed by atoms with Crippen LogP contribution in [0.1, 0.15) is 26.5 Å². The molecule has 9 nitrogen and oxygen atoms in total. The minimum Gasteiger partial charge on any atom is -0.493 e. The molecule has 2 atom stereocenters. The predicted molar refractivity (Wildman–Crippen MR) is 133 cm³/mol. The van der Waals surface area contributed by atoms with Crippen molar-refractivity contribution in [3.05, 3.63) is 41.0 Å². The van der Waals surface area contributed by atoms with Gasteiger partial charge in [-0.15, -0.1) is 23.5 Å². The van der Waals surface area contributed by atoms with Crippen molar-refractivity contribution in [2.45, 2.75) is 16.4 Å². The molecule has 34 heavy (non-hydrogen) atoms. The van der Waals surface area contributed by atoms with Crippen LogP contribution in [0, 0.1) is 0 Å². The smallest absolute Gasteiger partial charge is 0.341 e. The molecule has 2 N–H and O–H groups in total. The van der Waals surface area contributed by atoms with Crippen molar-refractivity contribution < 1.29 is 33.7 Å². The van der Waals surface area contributed by atoms with Crippen molar-refractivity contribution in [2.24, 2.45) is 0 Å². The lowest BCUT2D eigenvalue weighted by Gasteiger charge is -2.19. The number of ether oxygens (including phenoxy) is 5. The minimum atomic E-state index is -0.611. The average molecular weight is 511 g/mol. The number of carbonyl (C=O) groups is 1. The Balaban J connectivity index is 1.87. The molecular weight excluding hydrogens is 480 g/mol. The lowest BCUT2D eigenvalue weighted by atomic mass is 10.1. The van der Waals surface area contributed by atoms with E-state index in [9.17, 15) is 10.0 Å². The van der Waals surface area contributed by atoms with Gasteiger partial charge in [-0.05, 0) is 35.4 Å². The molecule has 3 rings (SSSR count). The molecule has 0 saturated carbocycles. The molecule has 2 aromatic carbocycles. The molecule has 11 heteroatoms. The highest BCUT2D eigenvalue weighted by Crippen LogP contribution is 2.58. The van der Waals surface area contributed by atoms with Crippen LogP contribution in [-0.2, 0) is 6.54 Å². The number of benzene rings is 2. The van der Waals surface area contributed by atoms with Crippen molar-refractivity contribution in [1.82, 2.24) is 10.4 Å². The second-order valence-electron chi connectivity index (χ2n) is 7.35. The lowest BCUT2D eigenvalue weighted by Crippen LogP contribution is -2.34. The van der Waals surface area contributed by atoms with Crippen molar-refractivity contribution in [1.29, 1.82) is 0 Å². The van der Waals surface area contributed by atoms with Crippen LogP contribution in [0.25, 0.3) is 0 Å². The molecule has 0 aliphatic carbocycles. The number of carbonyl (C=O) groups excluding carboxylic acids is 1. The summed E-state index contributed by atoms with van der Waals surface area (Å²) < 4.78 is 27.7. The van der Waals surface area contributed by atoms with Crippen molar-refractivity contribution in [3.8, 4) is 28.7 Å². The Morgan fingerprint density at radius 3 is 2.03 bits per heavy atom. The van der Waals surface area contributed by atoms with Gasteiger partial charge in [0, 0.05) is 30.2 Å². The Labute approximate surface area is 208 Å². The number of rotatable bonds is 9. The van der Waals surface area contributed by atoms with Crippen LogP contribution in [-0.4, -0.2) is 64.7 Å². The van der Waals surface area contributed by atoms with E-state index in [1.165, 1.54) is 7.05 Å². The summed E-state index contributed by atoms with van der Waals surface area (Å²) in [6.07, 6.45) is 0. The van der Waals surface area contributed by atoms with Gasteiger partial charge in [0.2, 0.25) is 5.75 Å². The molecule has 2 unspecified atom stereocenters. The highest BCUT2D eigenvalue weighted by molar-refractivity contribution is 8.19. The molecule has 0 aromatic heterocycles. The molecule has 0 radical (unpaired) electrons. The monoisotopic (exact) mass is 510 g/mol. The lowest BCUT2D eigenvalue weighted by molar-refractivity contribution is -0.0184. The van der Waals surface area contributed by atoms with Gasteiger partial charge in [-0.3, -0.25) is 5.21 Å². The zero-order chi connectivity index (χ0) is 24.8. The number of hydrogen-bond acceptors (Lipinski definition) is 9. The number of hydroxylamine groups is 2. The van der Waals surface area contributed by atoms with Gasteiger partial charge in [-0.1, -0.05) is 0 Å². The summed E-state index contributed by atoms with van der Waals surface area (Å²) in [7, 11) is 9.21. The van der Waals surface area contributed by atoms with E-state index in [0.29, 0.717) is 33.8 Å². The molecule has 2 amide bonds. The molecule has 2 aromatic rings. The van der Waals surface area contributed by atoms with Crippen molar-refractivity contribution >= 4 is 29.6 Å². The number of amides is 2. The third kappa shape index (κ3) is 5.53. The maximum absolute atomic E-state index is 11.8. The molecule has 186 valence electrons. The summed E-state index contributed by atoms with van der Waals surface area (Å²) in [5, 5.41) is 12.7. The van der Waals surface area contributed by atoms with E-state index < -0.39 is 6.03 Å². The van der Waals surface area contributed by atoms with Gasteiger partial charge in [0.25, 0.3) is 0 Å². The quantitative estimate of drug-likeness (QED) is 0.374. The molecular formula is C23H30N2O7S2. The summed E-state index contributed by atoms with van der Waals surface area (Å²) in [5.74, 6) is 3.83. The van der Waals surface area contributed by atoms with Crippen LogP contribution in [0.5, 0.6) is 28.7 Å². The van der Waals surface area contributed by atoms with Gasteiger partial charge in [-0.2, -0.15) is 0 Å². The van der Waals surface area contributed by atoms with Crippen LogP contribution in [0.15, 0.2) is 24.3 Å². The number of hydrogen-bond donors (Lipinski definition) is 2. The summed E-state index contributed by atoms with van der Waals surface area (Å²) in [5.41, 5.74) is 2.89. The first-order valence-corrected chi connectivity index (χ1v) is 12.4. The number of methoxy groups -OCH3 is 5. The predicted octanol–water partition coefficient (Wildman–Crippen LogP) is 4.48. The third-order valence-corrected chi connectivity index (χ3v) is 8.66. The molecule has 1 fully saturated rings. The SMILES string of the molecule is COc1cc(C2CSC(c3cc(OC)c(OC)c(OC)c3)S2)cc(CNC(=O)N(C)O)c1OC. The van der Waals surface area contributed by atoms with Crippen LogP contribution >= 0.6 is 23.5 Å². The van der Waals surface area contributed by atoms with Gasteiger partial charge in [0.1, 0.15) is 0 Å². The number of nitrogens with zero attached hydrogens (tertiary/aromatic N) is 1. The minimum absolute atomic E-state index is 0.165. The Hall–Kier alpha value is -2.63. The first-order chi connectivity index (χ1) is 16.4. The highest BCUT2D eigenvalue weighted by Gasteiger charge is 2.31. The zero-order valence-corrected chi connectivity index (χ0v) is 21.7. The van der Waals surface area contributed by atoms with E-state index in [2.05, 4.69) is 5.32 Å². The Morgan fingerprint density at radius 2 is 1.50 bits per heavy atom. The fraction of sp³-hybridized carbons (Fsp3) is 0.435. The van der Waals surface area contributed by atoms with Crippen molar-refractivity contribution in [2.75, 3.05) is 48.3 Å². The number of nitrogens with one attached hydrogen (secondary N) is 1. The highest BCUT2D eigenvalue weighted by atomic mass is 32.2. The Bertz CT molecular complexity index is 994. The van der Waals surface area contributed by atoms with E-state index in [4.69, 9.17) is 23.7 Å². The normalized spacial score (nSPS) is 17.1. The van der Waals surface area contributed by atoms with Crippen LogP contribution in [0.4, 0.5) is 4.79 Å². The van der Waals surface area contributed by atoms with E-state index in [-0.39, 0.29) is 16.4 Å². The molecule has 0 bridgehead atoms. The van der Waals surface area contributed by atoms with Gasteiger partial charge in [0.05, 0.1) is 40.1 Å². The fourth-order valence-electron chi connectivity index (χ4n) is 3.66. The molecule has 1 aliphatic rings. The van der Waals surface area contributed by atoms with E-state index in [1.807, 2.05) is 47.8 Å².